The Labute approximate surface area is 97.3 Å². The second kappa shape index (κ2) is 6.09. The van der Waals surface area contributed by atoms with Gasteiger partial charge in [0.15, 0.2) is 0 Å². The van der Waals surface area contributed by atoms with Crippen molar-refractivity contribution >= 4 is 6.03 Å². The first-order chi connectivity index (χ1) is 7.86. The molecule has 2 amide bonds. The fourth-order valence-corrected chi connectivity index (χ4v) is 1.94. The number of carbonyl (C=O) groups is 1. The van der Waals surface area contributed by atoms with Gasteiger partial charge in [0.1, 0.15) is 0 Å². The summed E-state index contributed by atoms with van der Waals surface area (Å²) in [5, 5.41) is 2.94. The van der Waals surface area contributed by atoms with E-state index in [0.29, 0.717) is 0 Å². The summed E-state index contributed by atoms with van der Waals surface area (Å²) < 4.78 is 5.50. The highest BCUT2D eigenvalue weighted by Crippen LogP contribution is 2.28. The zero-order valence-electron chi connectivity index (χ0n) is 9.91. The van der Waals surface area contributed by atoms with Crippen LogP contribution in [0.2, 0.25) is 0 Å². The number of amides is 2. The first-order valence-electron chi connectivity index (χ1n) is 6.47. The molecule has 1 aliphatic carbocycles. The van der Waals surface area contributed by atoms with Crippen LogP contribution in [-0.2, 0) is 4.74 Å². The maximum Gasteiger partial charge on any atom is 0.317 e. The summed E-state index contributed by atoms with van der Waals surface area (Å²) in [4.78, 5) is 13.5. The average Bonchev–Trinajstić information content (AvgIpc) is 2.95. The molecule has 0 unspecified atom stereocenters. The van der Waals surface area contributed by atoms with Crippen molar-refractivity contribution in [1.82, 2.24) is 10.2 Å². The minimum absolute atomic E-state index is 0.0969. The van der Waals surface area contributed by atoms with Crippen molar-refractivity contribution in [1.29, 1.82) is 0 Å². The quantitative estimate of drug-likeness (QED) is 0.699. The molecule has 2 aliphatic rings. The van der Waals surface area contributed by atoms with Gasteiger partial charge in [-0.15, -0.1) is 0 Å². The minimum Gasteiger partial charge on any atom is -0.381 e. The molecular formula is C12H22N2O2. The van der Waals surface area contributed by atoms with Gasteiger partial charge in [-0.05, 0) is 38.0 Å². The summed E-state index contributed by atoms with van der Waals surface area (Å²) >= 11 is 0. The van der Waals surface area contributed by atoms with Crippen LogP contribution in [0.3, 0.4) is 0 Å². The molecule has 0 aromatic heterocycles. The van der Waals surface area contributed by atoms with E-state index in [-0.39, 0.29) is 6.03 Å². The van der Waals surface area contributed by atoms with Gasteiger partial charge in [-0.1, -0.05) is 0 Å². The number of rotatable bonds is 6. The molecule has 4 nitrogen and oxygen atoms in total. The van der Waals surface area contributed by atoms with E-state index in [1.54, 1.807) is 0 Å². The van der Waals surface area contributed by atoms with Crippen molar-refractivity contribution in [2.45, 2.75) is 32.1 Å². The molecule has 92 valence electrons. The molecule has 1 aliphatic heterocycles. The van der Waals surface area contributed by atoms with E-state index in [4.69, 9.17) is 4.74 Å². The van der Waals surface area contributed by atoms with Gasteiger partial charge in [-0.25, -0.2) is 4.79 Å². The Kier molecular flexibility index (Phi) is 4.45. The fraction of sp³-hybridized carbons (Fsp3) is 0.917. The predicted molar refractivity (Wildman–Crippen MR) is 62.4 cm³/mol. The lowest BCUT2D eigenvalue weighted by atomic mass is 10.4. The smallest absolute Gasteiger partial charge is 0.317 e. The molecule has 2 fully saturated rings. The molecule has 0 aromatic carbocycles. The standard InChI is InChI=1S/C12H22N2O2/c15-12(14-7-1-2-8-14)13-6-3-9-16-10-11-4-5-11/h11H,1-10H2,(H,13,15). The molecular weight excluding hydrogens is 204 g/mol. The first-order valence-corrected chi connectivity index (χ1v) is 6.47. The van der Waals surface area contributed by atoms with Crippen molar-refractivity contribution in [3.8, 4) is 0 Å². The Bertz CT molecular complexity index is 223. The summed E-state index contributed by atoms with van der Waals surface area (Å²) in [6.45, 7) is 4.27. The van der Waals surface area contributed by atoms with Crippen LogP contribution in [0.4, 0.5) is 4.79 Å². The van der Waals surface area contributed by atoms with Crippen LogP contribution in [0.25, 0.3) is 0 Å². The van der Waals surface area contributed by atoms with Crippen molar-refractivity contribution in [3.63, 3.8) is 0 Å². The van der Waals surface area contributed by atoms with Crippen LogP contribution in [0.5, 0.6) is 0 Å². The summed E-state index contributed by atoms with van der Waals surface area (Å²) in [7, 11) is 0. The number of hydrogen-bond donors (Lipinski definition) is 1. The largest absolute Gasteiger partial charge is 0.381 e. The molecule has 1 N–H and O–H groups in total. The van der Waals surface area contributed by atoms with Crippen molar-refractivity contribution in [2.75, 3.05) is 32.8 Å². The number of nitrogens with zero attached hydrogens (tertiary/aromatic N) is 1. The Morgan fingerprint density at radius 2 is 2.06 bits per heavy atom. The van der Waals surface area contributed by atoms with Crippen molar-refractivity contribution < 1.29 is 9.53 Å². The van der Waals surface area contributed by atoms with Gasteiger partial charge in [0.2, 0.25) is 0 Å². The Balaban J connectivity index is 1.42. The number of urea groups is 1. The van der Waals surface area contributed by atoms with Crippen LogP contribution in [0.1, 0.15) is 32.1 Å². The van der Waals surface area contributed by atoms with E-state index in [1.807, 2.05) is 4.90 Å². The molecule has 0 aromatic rings. The molecule has 0 radical (unpaired) electrons. The van der Waals surface area contributed by atoms with E-state index in [0.717, 1.165) is 58.0 Å². The van der Waals surface area contributed by atoms with Gasteiger partial charge < -0.3 is 15.0 Å². The van der Waals surface area contributed by atoms with Crippen LogP contribution in [0.15, 0.2) is 0 Å². The first kappa shape index (κ1) is 11.7. The third kappa shape index (κ3) is 4.00. The molecule has 0 atom stereocenters. The van der Waals surface area contributed by atoms with Gasteiger partial charge in [0.25, 0.3) is 0 Å². The van der Waals surface area contributed by atoms with Gasteiger partial charge in [-0.2, -0.15) is 0 Å². The van der Waals surface area contributed by atoms with Crippen molar-refractivity contribution in [3.05, 3.63) is 0 Å². The number of hydrogen-bond acceptors (Lipinski definition) is 2. The zero-order valence-corrected chi connectivity index (χ0v) is 9.91. The van der Waals surface area contributed by atoms with Gasteiger partial charge in [-0.3, -0.25) is 0 Å². The predicted octanol–water partition coefficient (Wildman–Crippen LogP) is 1.61. The Morgan fingerprint density at radius 3 is 2.75 bits per heavy atom. The normalized spacial score (nSPS) is 20.1. The lowest BCUT2D eigenvalue weighted by Gasteiger charge is -2.15. The summed E-state index contributed by atoms with van der Waals surface area (Å²) in [6, 6.07) is 0.0969. The maximum absolute atomic E-state index is 11.6. The SMILES string of the molecule is O=C(NCCCOCC1CC1)N1CCCC1. The Hall–Kier alpha value is -0.770. The highest BCUT2D eigenvalue weighted by molar-refractivity contribution is 5.74. The molecule has 4 heteroatoms. The average molecular weight is 226 g/mol. The lowest BCUT2D eigenvalue weighted by molar-refractivity contribution is 0.122. The van der Waals surface area contributed by atoms with Crippen LogP contribution in [-0.4, -0.2) is 43.8 Å². The Morgan fingerprint density at radius 1 is 1.31 bits per heavy atom. The number of ether oxygens (including phenoxy) is 1. The van der Waals surface area contributed by atoms with Crippen LogP contribution < -0.4 is 5.32 Å². The summed E-state index contributed by atoms with van der Waals surface area (Å²) in [5.74, 6) is 0.833. The topological polar surface area (TPSA) is 41.6 Å². The van der Waals surface area contributed by atoms with E-state index in [9.17, 15) is 4.79 Å². The van der Waals surface area contributed by atoms with E-state index in [1.165, 1.54) is 12.8 Å². The van der Waals surface area contributed by atoms with Crippen molar-refractivity contribution in [2.24, 2.45) is 5.92 Å². The zero-order chi connectivity index (χ0) is 11.2. The molecule has 1 saturated heterocycles. The number of nitrogens with one attached hydrogen (secondary N) is 1. The molecule has 0 bridgehead atoms. The maximum atomic E-state index is 11.6. The summed E-state index contributed by atoms with van der Waals surface area (Å²) in [6.07, 6.45) is 5.90. The van der Waals surface area contributed by atoms with E-state index >= 15 is 0 Å². The van der Waals surface area contributed by atoms with E-state index < -0.39 is 0 Å². The number of likely N-dealkylation sites (tertiary alicyclic amines) is 1. The molecule has 1 saturated carbocycles. The minimum atomic E-state index is 0.0969. The molecule has 1 heterocycles. The molecule has 16 heavy (non-hydrogen) atoms. The lowest BCUT2D eigenvalue weighted by Crippen LogP contribution is -2.38. The molecule has 2 rings (SSSR count). The van der Waals surface area contributed by atoms with Gasteiger partial charge in [0, 0.05) is 32.8 Å². The second-order valence-electron chi connectivity index (χ2n) is 4.80. The third-order valence-electron chi connectivity index (χ3n) is 3.19. The van der Waals surface area contributed by atoms with Crippen LogP contribution >= 0.6 is 0 Å². The van der Waals surface area contributed by atoms with Gasteiger partial charge in [0.05, 0.1) is 0 Å². The highest BCUT2D eigenvalue weighted by Gasteiger charge is 2.21. The fourth-order valence-electron chi connectivity index (χ4n) is 1.94. The van der Waals surface area contributed by atoms with E-state index in [2.05, 4.69) is 5.32 Å². The summed E-state index contributed by atoms with van der Waals surface area (Å²) in [5.41, 5.74) is 0. The second-order valence-corrected chi connectivity index (χ2v) is 4.80. The van der Waals surface area contributed by atoms with Gasteiger partial charge >= 0.3 is 6.03 Å². The number of carbonyl (C=O) groups excluding carboxylic acids is 1. The monoisotopic (exact) mass is 226 g/mol. The third-order valence-corrected chi connectivity index (χ3v) is 3.19. The highest BCUT2D eigenvalue weighted by atomic mass is 16.5. The van der Waals surface area contributed by atoms with Crippen LogP contribution in [0, 0.1) is 5.92 Å². The molecule has 0 spiro atoms.